The van der Waals surface area contributed by atoms with Gasteiger partial charge in [0.15, 0.2) is 5.25 Å². The van der Waals surface area contributed by atoms with Gasteiger partial charge in [-0.3, -0.25) is 4.79 Å². The molecule has 0 aromatic rings. The molecule has 0 aliphatic rings. The van der Waals surface area contributed by atoms with Crippen LogP contribution in [0.5, 0.6) is 0 Å². The molecule has 0 fully saturated rings. The third-order valence-corrected chi connectivity index (χ3v) is 2.98. The summed E-state index contributed by atoms with van der Waals surface area (Å²) in [5.74, 6) is -1.70. The minimum Gasteiger partial charge on any atom is -0.467 e. The van der Waals surface area contributed by atoms with E-state index in [1.165, 1.54) is 21.1 Å². The smallest absolute Gasteiger partial charge is 0.333 e. The quantitative estimate of drug-likeness (QED) is 0.648. The number of hydrogen-bond acceptors (Lipinski definition) is 7. The maximum atomic E-state index is 11.3. The van der Waals surface area contributed by atoms with Crippen molar-refractivity contribution >= 4 is 29.6 Å². The summed E-state index contributed by atoms with van der Waals surface area (Å²) in [6.07, 6.45) is 0. The molecule has 1 amide bonds. The molecule has 0 bridgehead atoms. The predicted molar refractivity (Wildman–Crippen MR) is 63.5 cm³/mol. The lowest BCUT2D eigenvalue weighted by Gasteiger charge is -2.15. The third kappa shape index (κ3) is 5.54. The second-order valence-corrected chi connectivity index (χ2v) is 4.28. The molecule has 0 aromatic heterocycles. The number of ether oxygens (including phenoxy) is 2. The highest BCUT2D eigenvalue weighted by atomic mass is 32.2. The number of esters is 2. The maximum absolute atomic E-state index is 11.3. The Kier molecular flexibility index (Phi) is 7.54. The van der Waals surface area contributed by atoms with Crippen molar-refractivity contribution in [2.45, 2.75) is 18.2 Å². The van der Waals surface area contributed by atoms with Crippen molar-refractivity contribution < 1.29 is 23.9 Å². The Balaban J connectivity index is 4.50. The average Bonchev–Trinajstić information content (AvgIpc) is 2.36. The lowest BCUT2D eigenvalue weighted by Crippen LogP contribution is -2.42. The normalized spacial score (nSPS) is 12.8. The molecule has 1 N–H and O–H groups in total. The van der Waals surface area contributed by atoms with E-state index in [9.17, 15) is 14.4 Å². The molecule has 0 aromatic carbocycles. The molecule has 7 nitrogen and oxygen atoms in total. The second kappa shape index (κ2) is 8.36. The Hall–Kier alpha value is -1.75. The molecule has 1 unspecified atom stereocenters. The van der Waals surface area contributed by atoms with E-state index >= 15 is 0 Å². The Bertz CT molecular complexity index is 366. The van der Waals surface area contributed by atoms with Crippen molar-refractivity contribution in [1.29, 1.82) is 5.26 Å². The molecule has 100 valence electrons. The number of carbonyl (C=O) groups is 3. The molecule has 2 atom stereocenters. The van der Waals surface area contributed by atoms with E-state index in [4.69, 9.17) is 5.26 Å². The predicted octanol–water partition coefficient (Wildman–Crippen LogP) is -0.538. The summed E-state index contributed by atoms with van der Waals surface area (Å²) in [5.41, 5.74) is 0. The molecule has 0 aliphatic heterocycles. The number of nitrogens with one attached hydrogen (secondary N) is 1. The minimum absolute atomic E-state index is 0.0413. The zero-order valence-electron chi connectivity index (χ0n) is 10.3. The topological polar surface area (TPSA) is 105 Å². The van der Waals surface area contributed by atoms with Gasteiger partial charge in [0.05, 0.1) is 20.3 Å². The van der Waals surface area contributed by atoms with Gasteiger partial charge in [0.2, 0.25) is 5.91 Å². The van der Waals surface area contributed by atoms with Gasteiger partial charge in [-0.05, 0) is 0 Å². The summed E-state index contributed by atoms with van der Waals surface area (Å²) in [5, 5.41) is 10.1. The second-order valence-electron chi connectivity index (χ2n) is 3.14. The summed E-state index contributed by atoms with van der Waals surface area (Å²) < 4.78 is 8.92. The van der Waals surface area contributed by atoms with Gasteiger partial charge in [0.25, 0.3) is 0 Å². The summed E-state index contributed by atoms with van der Waals surface area (Å²) in [6, 6.07) is 0.837. The Morgan fingerprint density at radius 2 is 1.83 bits per heavy atom. The lowest BCUT2D eigenvalue weighted by atomic mass is 10.3. The highest BCUT2D eigenvalue weighted by Gasteiger charge is 2.25. The fraction of sp³-hybridized carbons (Fsp3) is 0.600. The molecule has 18 heavy (non-hydrogen) atoms. The average molecular weight is 274 g/mol. The fourth-order valence-electron chi connectivity index (χ4n) is 1.01. The van der Waals surface area contributed by atoms with E-state index in [0.717, 1.165) is 11.8 Å². The molecule has 0 aliphatic carbocycles. The maximum Gasteiger partial charge on any atom is 0.333 e. The van der Waals surface area contributed by atoms with Gasteiger partial charge in [0.1, 0.15) is 6.04 Å². The molecule has 0 radical (unpaired) electrons. The van der Waals surface area contributed by atoms with E-state index in [1.807, 2.05) is 0 Å². The van der Waals surface area contributed by atoms with Gasteiger partial charge in [0, 0.05) is 12.7 Å². The number of nitrogens with zero attached hydrogens (tertiary/aromatic N) is 1. The molecule has 0 saturated carbocycles. The number of amides is 1. The van der Waals surface area contributed by atoms with Crippen molar-refractivity contribution in [1.82, 2.24) is 5.32 Å². The highest BCUT2D eigenvalue weighted by molar-refractivity contribution is 8.00. The first-order valence-corrected chi connectivity index (χ1v) is 5.95. The van der Waals surface area contributed by atoms with Crippen molar-refractivity contribution in [3.63, 3.8) is 0 Å². The monoisotopic (exact) mass is 274 g/mol. The standard InChI is InChI=1S/C10H14N2O5S/c1-6(13)12-7(9(14)16-2)5-18-8(4-11)10(15)17-3/h7-8H,5H2,1-3H3,(H,12,13)/t7-,8?/m1/s1. The van der Waals surface area contributed by atoms with Crippen LogP contribution in [0.1, 0.15) is 6.92 Å². The number of nitriles is 1. The Morgan fingerprint density at radius 3 is 2.22 bits per heavy atom. The largest absolute Gasteiger partial charge is 0.467 e. The van der Waals surface area contributed by atoms with Gasteiger partial charge in [-0.2, -0.15) is 5.26 Å². The number of methoxy groups -OCH3 is 2. The third-order valence-electron chi connectivity index (χ3n) is 1.83. The van der Waals surface area contributed by atoms with E-state index < -0.39 is 29.1 Å². The van der Waals surface area contributed by atoms with Crippen LogP contribution in [0.15, 0.2) is 0 Å². The molecule has 8 heteroatoms. The zero-order chi connectivity index (χ0) is 14.1. The van der Waals surface area contributed by atoms with Gasteiger partial charge in [-0.15, -0.1) is 11.8 Å². The van der Waals surface area contributed by atoms with Crippen LogP contribution in [0.25, 0.3) is 0 Å². The van der Waals surface area contributed by atoms with E-state index in [1.54, 1.807) is 6.07 Å². The van der Waals surface area contributed by atoms with E-state index in [-0.39, 0.29) is 5.75 Å². The van der Waals surface area contributed by atoms with Crippen LogP contribution < -0.4 is 5.32 Å². The SMILES string of the molecule is COC(=O)C(C#N)SC[C@@H](NC(C)=O)C(=O)OC. The first kappa shape index (κ1) is 16.2. The van der Waals surface area contributed by atoms with Crippen molar-refractivity contribution in [2.75, 3.05) is 20.0 Å². The lowest BCUT2D eigenvalue weighted by molar-refractivity contribution is -0.144. The fourth-order valence-corrected chi connectivity index (χ4v) is 1.92. The van der Waals surface area contributed by atoms with E-state index in [0.29, 0.717) is 0 Å². The first-order chi connectivity index (χ1) is 8.46. The van der Waals surface area contributed by atoms with Crippen LogP contribution in [0.3, 0.4) is 0 Å². The number of rotatable bonds is 6. The Morgan fingerprint density at radius 1 is 1.28 bits per heavy atom. The Labute approximate surface area is 109 Å². The van der Waals surface area contributed by atoms with Crippen molar-refractivity contribution in [2.24, 2.45) is 0 Å². The van der Waals surface area contributed by atoms with Gasteiger partial charge < -0.3 is 14.8 Å². The van der Waals surface area contributed by atoms with Crippen LogP contribution >= 0.6 is 11.8 Å². The van der Waals surface area contributed by atoms with Crippen LogP contribution in [0.2, 0.25) is 0 Å². The van der Waals surface area contributed by atoms with Crippen LogP contribution in [-0.2, 0) is 23.9 Å². The number of hydrogen-bond donors (Lipinski definition) is 1. The molecule has 0 spiro atoms. The highest BCUT2D eigenvalue weighted by Crippen LogP contribution is 2.13. The van der Waals surface area contributed by atoms with Crippen LogP contribution in [0.4, 0.5) is 0 Å². The number of carbonyl (C=O) groups excluding carboxylic acids is 3. The van der Waals surface area contributed by atoms with Crippen molar-refractivity contribution in [3.8, 4) is 6.07 Å². The van der Waals surface area contributed by atoms with Crippen molar-refractivity contribution in [3.05, 3.63) is 0 Å². The molecular formula is C10H14N2O5S. The van der Waals surface area contributed by atoms with Gasteiger partial charge in [-0.25, -0.2) is 9.59 Å². The first-order valence-electron chi connectivity index (χ1n) is 4.90. The summed E-state index contributed by atoms with van der Waals surface area (Å²) in [7, 11) is 2.35. The zero-order valence-corrected chi connectivity index (χ0v) is 11.1. The van der Waals surface area contributed by atoms with Crippen LogP contribution in [0, 0.1) is 11.3 Å². The van der Waals surface area contributed by atoms with Crippen LogP contribution in [-0.4, -0.2) is 49.1 Å². The number of thioether (sulfide) groups is 1. The molecular weight excluding hydrogens is 260 g/mol. The van der Waals surface area contributed by atoms with Gasteiger partial charge >= 0.3 is 11.9 Å². The summed E-state index contributed by atoms with van der Waals surface area (Å²) in [6.45, 7) is 1.25. The van der Waals surface area contributed by atoms with E-state index in [2.05, 4.69) is 14.8 Å². The molecule has 0 heterocycles. The van der Waals surface area contributed by atoms with Gasteiger partial charge in [-0.1, -0.05) is 0 Å². The summed E-state index contributed by atoms with van der Waals surface area (Å²) in [4.78, 5) is 33.4. The summed E-state index contributed by atoms with van der Waals surface area (Å²) >= 11 is 0.897. The molecule has 0 rings (SSSR count). The minimum atomic E-state index is -1.05. The molecule has 0 saturated heterocycles.